The number of carboxylic acid groups (broad SMARTS) is 1. The van der Waals surface area contributed by atoms with Crippen LogP contribution in [0.25, 0.3) is 11.1 Å². The van der Waals surface area contributed by atoms with Gasteiger partial charge in [-0.15, -0.1) is 0 Å². The van der Waals surface area contributed by atoms with Gasteiger partial charge in [-0.1, -0.05) is 61.4 Å². The van der Waals surface area contributed by atoms with Crippen molar-refractivity contribution >= 4 is 18.0 Å². The van der Waals surface area contributed by atoms with E-state index in [1.807, 2.05) is 24.3 Å². The van der Waals surface area contributed by atoms with Gasteiger partial charge in [0.05, 0.1) is 5.92 Å². The summed E-state index contributed by atoms with van der Waals surface area (Å²) in [7, 11) is 0. The summed E-state index contributed by atoms with van der Waals surface area (Å²) >= 11 is 0. The van der Waals surface area contributed by atoms with Gasteiger partial charge in [-0.3, -0.25) is 4.79 Å². The fourth-order valence-corrected chi connectivity index (χ4v) is 5.89. The van der Waals surface area contributed by atoms with E-state index in [1.54, 1.807) is 0 Å². The van der Waals surface area contributed by atoms with Gasteiger partial charge in [-0.05, 0) is 47.9 Å². The lowest BCUT2D eigenvalue weighted by Gasteiger charge is -2.34. The third kappa shape index (κ3) is 4.15. The second kappa shape index (κ2) is 9.49. The molecular weight excluding hydrogens is 432 g/mol. The average Bonchev–Trinajstić information content (AvgIpc) is 3.46. The Kier molecular flexibility index (Phi) is 6.26. The molecule has 0 spiro atoms. The van der Waals surface area contributed by atoms with Gasteiger partial charge in [0.15, 0.2) is 0 Å². The number of carbonyl (C=O) groups is 3. The smallest absolute Gasteiger partial charge is 0.407 e. The maximum atomic E-state index is 13.2. The number of likely N-dealkylation sites (tertiary alicyclic amines) is 1. The van der Waals surface area contributed by atoms with Crippen LogP contribution < -0.4 is 5.32 Å². The molecule has 3 aliphatic rings. The van der Waals surface area contributed by atoms with Crippen molar-refractivity contribution in [1.82, 2.24) is 10.2 Å². The first-order valence-corrected chi connectivity index (χ1v) is 12.2. The number of benzene rings is 2. The number of ether oxygens (including phenoxy) is 1. The maximum Gasteiger partial charge on any atom is 0.407 e. The molecule has 2 fully saturated rings. The van der Waals surface area contributed by atoms with E-state index in [-0.39, 0.29) is 24.5 Å². The Morgan fingerprint density at radius 3 is 2.24 bits per heavy atom. The number of carbonyl (C=O) groups excluding carboxylic acids is 2. The van der Waals surface area contributed by atoms with Crippen molar-refractivity contribution < 1.29 is 24.2 Å². The molecule has 1 saturated heterocycles. The van der Waals surface area contributed by atoms with Gasteiger partial charge in [0, 0.05) is 18.5 Å². The predicted molar refractivity (Wildman–Crippen MR) is 126 cm³/mol. The molecule has 34 heavy (non-hydrogen) atoms. The molecule has 0 aromatic heterocycles. The van der Waals surface area contributed by atoms with Gasteiger partial charge in [0.2, 0.25) is 5.91 Å². The van der Waals surface area contributed by atoms with Crippen molar-refractivity contribution in [2.24, 2.45) is 5.92 Å². The molecule has 1 saturated carbocycles. The molecule has 7 nitrogen and oxygen atoms in total. The Bertz CT molecular complexity index is 1050. The lowest BCUT2D eigenvalue weighted by atomic mass is 9.83. The largest absolute Gasteiger partial charge is 0.480 e. The van der Waals surface area contributed by atoms with Crippen LogP contribution in [0, 0.1) is 5.92 Å². The van der Waals surface area contributed by atoms with Crippen LogP contribution in [-0.2, 0) is 14.3 Å². The summed E-state index contributed by atoms with van der Waals surface area (Å²) < 4.78 is 5.69. The Balaban J connectivity index is 1.24. The minimum Gasteiger partial charge on any atom is -0.480 e. The number of hydrogen-bond donors (Lipinski definition) is 2. The number of hydrogen-bond acceptors (Lipinski definition) is 4. The fourth-order valence-electron chi connectivity index (χ4n) is 5.89. The molecule has 0 radical (unpaired) electrons. The molecule has 1 aliphatic heterocycles. The minimum atomic E-state index is -0.956. The Morgan fingerprint density at radius 2 is 1.56 bits per heavy atom. The molecule has 5 rings (SSSR count). The number of nitrogens with zero attached hydrogens (tertiary/aromatic N) is 1. The van der Waals surface area contributed by atoms with E-state index in [0.29, 0.717) is 32.2 Å². The van der Waals surface area contributed by atoms with E-state index >= 15 is 0 Å². The SMILES string of the molecule is O=C(NC1CCCCC1C(=O)N1CCC[C@H]1C(=O)O)OCC1c2ccccc2-c2ccccc21. The highest BCUT2D eigenvalue weighted by Crippen LogP contribution is 2.44. The van der Waals surface area contributed by atoms with E-state index in [9.17, 15) is 19.5 Å². The van der Waals surface area contributed by atoms with Gasteiger partial charge >= 0.3 is 12.1 Å². The van der Waals surface area contributed by atoms with Crippen molar-refractivity contribution in [3.05, 3.63) is 59.7 Å². The predicted octanol–water partition coefficient (Wildman–Crippen LogP) is 4.16. The number of amides is 2. The average molecular weight is 463 g/mol. The highest BCUT2D eigenvalue weighted by Gasteiger charge is 2.41. The number of fused-ring (bicyclic) bond motifs is 3. The first kappa shape index (κ1) is 22.4. The Hall–Kier alpha value is -3.35. The summed E-state index contributed by atoms with van der Waals surface area (Å²) in [4.78, 5) is 39.1. The van der Waals surface area contributed by atoms with Crippen LogP contribution in [0.1, 0.15) is 55.6 Å². The maximum absolute atomic E-state index is 13.2. The lowest BCUT2D eigenvalue weighted by Crippen LogP contribution is -2.51. The minimum absolute atomic E-state index is 0.0251. The van der Waals surface area contributed by atoms with E-state index in [2.05, 4.69) is 29.6 Å². The summed E-state index contributed by atoms with van der Waals surface area (Å²) in [6, 6.07) is 15.3. The highest BCUT2D eigenvalue weighted by molar-refractivity contribution is 5.86. The standard InChI is InChI=1S/C27H30N2O5/c30-25(29-15-7-14-24(29)26(31)32)21-12-5-6-13-23(21)28-27(33)34-16-22-19-10-3-1-8-17(19)18-9-2-4-11-20(18)22/h1-4,8-11,21-24H,5-7,12-16H2,(H,28,33)(H,31,32)/t21?,23?,24-/m0/s1. The zero-order valence-corrected chi connectivity index (χ0v) is 19.1. The van der Waals surface area contributed by atoms with Crippen LogP contribution in [-0.4, -0.2) is 53.2 Å². The normalized spacial score (nSPS) is 23.8. The second-order valence-corrected chi connectivity index (χ2v) is 9.50. The van der Waals surface area contributed by atoms with Crippen molar-refractivity contribution in [2.75, 3.05) is 13.2 Å². The summed E-state index contributed by atoms with van der Waals surface area (Å²) in [5, 5.41) is 12.4. The van der Waals surface area contributed by atoms with Crippen LogP contribution in [0.2, 0.25) is 0 Å². The van der Waals surface area contributed by atoms with Crippen molar-refractivity contribution in [2.45, 2.75) is 56.5 Å². The first-order chi connectivity index (χ1) is 16.5. The van der Waals surface area contributed by atoms with Crippen LogP contribution in [0.4, 0.5) is 4.79 Å². The van der Waals surface area contributed by atoms with Gasteiger partial charge in [-0.25, -0.2) is 9.59 Å². The molecule has 178 valence electrons. The second-order valence-electron chi connectivity index (χ2n) is 9.50. The first-order valence-electron chi connectivity index (χ1n) is 12.2. The molecule has 0 bridgehead atoms. The Labute approximate surface area is 199 Å². The molecule has 2 amide bonds. The zero-order chi connectivity index (χ0) is 23.7. The van der Waals surface area contributed by atoms with E-state index in [4.69, 9.17) is 4.74 Å². The molecule has 2 aromatic carbocycles. The fraction of sp³-hybridized carbons (Fsp3) is 0.444. The number of nitrogens with one attached hydrogen (secondary N) is 1. The summed E-state index contributed by atoms with van der Waals surface area (Å²) in [5.74, 6) is -1.55. The third-order valence-electron chi connectivity index (χ3n) is 7.55. The summed E-state index contributed by atoms with van der Waals surface area (Å²) in [6.07, 6.45) is 3.80. The van der Waals surface area contributed by atoms with Crippen LogP contribution >= 0.6 is 0 Å². The molecule has 1 heterocycles. The van der Waals surface area contributed by atoms with Gasteiger partial charge in [-0.2, -0.15) is 0 Å². The van der Waals surface area contributed by atoms with Crippen LogP contribution in [0.5, 0.6) is 0 Å². The summed E-state index contributed by atoms with van der Waals surface area (Å²) in [6.45, 7) is 0.683. The number of rotatable bonds is 5. The van der Waals surface area contributed by atoms with Crippen LogP contribution in [0.15, 0.2) is 48.5 Å². The molecule has 3 atom stereocenters. The monoisotopic (exact) mass is 462 g/mol. The third-order valence-corrected chi connectivity index (χ3v) is 7.55. The van der Waals surface area contributed by atoms with E-state index in [0.717, 1.165) is 24.0 Å². The van der Waals surface area contributed by atoms with Gasteiger partial charge in [0.25, 0.3) is 0 Å². The molecular formula is C27H30N2O5. The van der Waals surface area contributed by atoms with Crippen molar-refractivity contribution in [3.63, 3.8) is 0 Å². The summed E-state index contributed by atoms with van der Waals surface area (Å²) in [5.41, 5.74) is 4.64. The van der Waals surface area contributed by atoms with Gasteiger partial charge in [0.1, 0.15) is 12.6 Å². The topological polar surface area (TPSA) is 95.9 Å². The molecule has 2 unspecified atom stereocenters. The van der Waals surface area contributed by atoms with Crippen molar-refractivity contribution in [3.8, 4) is 11.1 Å². The van der Waals surface area contributed by atoms with E-state index < -0.39 is 24.0 Å². The number of aliphatic carboxylic acids is 1. The number of alkyl carbamates (subject to hydrolysis) is 1. The number of carboxylic acids is 1. The van der Waals surface area contributed by atoms with Crippen molar-refractivity contribution in [1.29, 1.82) is 0 Å². The zero-order valence-electron chi connectivity index (χ0n) is 19.1. The molecule has 2 aliphatic carbocycles. The van der Waals surface area contributed by atoms with Gasteiger partial charge < -0.3 is 20.1 Å². The quantitative estimate of drug-likeness (QED) is 0.696. The Morgan fingerprint density at radius 1 is 0.912 bits per heavy atom. The highest BCUT2D eigenvalue weighted by atomic mass is 16.5. The molecule has 7 heteroatoms. The van der Waals surface area contributed by atoms with Crippen LogP contribution in [0.3, 0.4) is 0 Å². The lowest BCUT2D eigenvalue weighted by molar-refractivity contribution is -0.150. The molecule has 2 aromatic rings. The van der Waals surface area contributed by atoms with E-state index in [1.165, 1.54) is 16.0 Å². The molecule has 2 N–H and O–H groups in total.